The summed E-state index contributed by atoms with van der Waals surface area (Å²) >= 11 is 0. The lowest BCUT2D eigenvalue weighted by Crippen LogP contribution is -2.51. The Bertz CT molecular complexity index is 760. The van der Waals surface area contributed by atoms with Crippen LogP contribution in [0, 0.1) is 0 Å². The highest BCUT2D eigenvalue weighted by molar-refractivity contribution is 6.05. The first-order valence-electron chi connectivity index (χ1n) is 8.19. The third-order valence-electron chi connectivity index (χ3n) is 4.16. The van der Waals surface area contributed by atoms with Crippen LogP contribution in [0.2, 0.25) is 0 Å². The molecule has 1 unspecified atom stereocenters. The number of fused-ring (bicyclic) bond motifs is 1. The average Bonchev–Trinajstić information content (AvgIpc) is 2.65. The normalized spacial score (nSPS) is 17.7. The number of ether oxygens (including phenoxy) is 2. The Morgan fingerprint density at radius 1 is 1.40 bits per heavy atom. The maximum Gasteiger partial charge on any atom is 0.270 e. The number of aromatic nitrogens is 1. The van der Waals surface area contributed by atoms with E-state index in [0.717, 1.165) is 10.8 Å². The van der Waals surface area contributed by atoms with Crippen molar-refractivity contribution in [2.45, 2.75) is 6.10 Å². The van der Waals surface area contributed by atoms with E-state index in [1.54, 1.807) is 18.2 Å². The molecule has 1 N–H and O–H groups in total. The highest BCUT2D eigenvalue weighted by Gasteiger charge is 2.26. The van der Waals surface area contributed by atoms with Gasteiger partial charge in [-0.05, 0) is 11.5 Å². The maximum atomic E-state index is 12.5. The van der Waals surface area contributed by atoms with Gasteiger partial charge in [0.2, 0.25) is 5.91 Å². The van der Waals surface area contributed by atoms with Gasteiger partial charge in [-0.1, -0.05) is 24.3 Å². The fourth-order valence-electron chi connectivity index (χ4n) is 2.81. The Morgan fingerprint density at radius 2 is 2.24 bits per heavy atom. The number of benzene rings is 1. The summed E-state index contributed by atoms with van der Waals surface area (Å²) in [6, 6.07) is 9.49. The van der Waals surface area contributed by atoms with Gasteiger partial charge in [0.15, 0.2) is 0 Å². The molecule has 3 rings (SSSR count). The first kappa shape index (κ1) is 17.3. The molecule has 1 atom stereocenters. The Labute approximate surface area is 145 Å². The number of carbonyl (C=O) groups is 2. The zero-order chi connectivity index (χ0) is 17.6. The first-order valence-corrected chi connectivity index (χ1v) is 8.19. The van der Waals surface area contributed by atoms with E-state index in [9.17, 15) is 9.59 Å². The minimum atomic E-state index is -0.249. The topological polar surface area (TPSA) is 80.8 Å². The quantitative estimate of drug-likeness (QED) is 0.841. The molecule has 1 aromatic carbocycles. The number of hydrogen-bond acceptors (Lipinski definition) is 5. The second-order valence-electron chi connectivity index (χ2n) is 5.86. The lowest BCUT2D eigenvalue weighted by Gasteiger charge is -2.32. The van der Waals surface area contributed by atoms with Crippen LogP contribution < -0.4 is 5.32 Å². The van der Waals surface area contributed by atoms with Crippen LogP contribution in [0.5, 0.6) is 0 Å². The summed E-state index contributed by atoms with van der Waals surface area (Å²) in [5.74, 6) is -0.309. The van der Waals surface area contributed by atoms with Crippen LogP contribution in [0.25, 0.3) is 10.8 Å². The fourth-order valence-corrected chi connectivity index (χ4v) is 2.81. The lowest BCUT2D eigenvalue weighted by molar-refractivity contribution is -0.149. The zero-order valence-corrected chi connectivity index (χ0v) is 14.1. The SMILES string of the molecule is COCCN1CC(CNC(=O)c2nccc3ccccc23)OCC1=O. The molecule has 2 amide bonds. The summed E-state index contributed by atoms with van der Waals surface area (Å²) in [6.07, 6.45) is 1.38. The minimum absolute atomic E-state index is 0.0246. The van der Waals surface area contributed by atoms with E-state index < -0.39 is 0 Å². The van der Waals surface area contributed by atoms with Crippen LogP contribution in [0.15, 0.2) is 36.5 Å². The van der Waals surface area contributed by atoms with Gasteiger partial charge in [-0.3, -0.25) is 14.6 Å². The minimum Gasteiger partial charge on any atom is -0.383 e. The highest BCUT2D eigenvalue weighted by Crippen LogP contribution is 2.16. The molecule has 2 heterocycles. The lowest BCUT2D eigenvalue weighted by atomic mass is 10.1. The predicted octanol–water partition coefficient (Wildman–Crippen LogP) is 0.838. The number of nitrogens with one attached hydrogen (secondary N) is 1. The summed E-state index contributed by atoms with van der Waals surface area (Å²) in [4.78, 5) is 30.2. The van der Waals surface area contributed by atoms with Gasteiger partial charge in [-0.25, -0.2) is 0 Å². The van der Waals surface area contributed by atoms with Crippen molar-refractivity contribution in [2.75, 3.05) is 40.0 Å². The molecule has 1 fully saturated rings. The van der Waals surface area contributed by atoms with E-state index in [4.69, 9.17) is 9.47 Å². The summed E-state index contributed by atoms with van der Waals surface area (Å²) in [6.45, 7) is 1.78. The van der Waals surface area contributed by atoms with Crippen LogP contribution >= 0.6 is 0 Å². The van der Waals surface area contributed by atoms with Crippen LogP contribution in [0.4, 0.5) is 0 Å². The van der Waals surface area contributed by atoms with Gasteiger partial charge in [0.1, 0.15) is 12.3 Å². The van der Waals surface area contributed by atoms with Crippen LogP contribution in [0.3, 0.4) is 0 Å². The van der Waals surface area contributed by atoms with Gasteiger partial charge in [0.25, 0.3) is 5.91 Å². The van der Waals surface area contributed by atoms with Gasteiger partial charge in [0.05, 0.1) is 12.7 Å². The van der Waals surface area contributed by atoms with Crippen molar-refractivity contribution in [3.8, 4) is 0 Å². The summed E-state index contributed by atoms with van der Waals surface area (Å²) in [5, 5.41) is 4.63. The molecule has 7 nitrogen and oxygen atoms in total. The Kier molecular flexibility index (Phi) is 5.57. The molecule has 132 valence electrons. The Hall–Kier alpha value is -2.51. The van der Waals surface area contributed by atoms with Gasteiger partial charge in [0, 0.05) is 38.3 Å². The van der Waals surface area contributed by atoms with Crippen molar-refractivity contribution >= 4 is 22.6 Å². The zero-order valence-electron chi connectivity index (χ0n) is 14.1. The first-order chi connectivity index (χ1) is 12.2. The number of carbonyl (C=O) groups excluding carboxylic acids is 2. The molecule has 0 radical (unpaired) electrons. The van der Waals surface area contributed by atoms with Gasteiger partial charge >= 0.3 is 0 Å². The smallest absolute Gasteiger partial charge is 0.270 e. The largest absolute Gasteiger partial charge is 0.383 e. The monoisotopic (exact) mass is 343 g/mol. The van der Waals surface area contributed by atoms with Crippen molar-refractivity contribution in [1.29, 1.82) is 0 Å². The van der Waals surface area contributed by atoms with E-state index >= 15 is 0 Å². The van der Waals surface area contributed by atoms with E-state index in [-0.39, 0.29) is 24.5 Å². The number of rotatable bonds is 6. The van der Waals surface area contributed by atoms with Crippen molar-refractivity contribution in [3.63, 3.8) is 0 Å². The maximum absolute atomic E-state index is 12.5. The summed E-state index contributed by atoms with van der Waals surface area (Å²) in [5.41, 5.74) is 0.390. The third-order valence-corrected chi connectivity index (χ3v) is 4.16. The van der Waals surface area contributed by atoms with Crippen molar-refractivity contribution in [1.82, 2.24) is 15.2 Å². The molecule has 1 aliphatic heterocycles. The third kappa shape index (κ3) is 4.12. The molecule has 0 aliphatic carbocycles. The van der Waals surface area contributed by atoms with Crippen molar-refractivity contribution < 1.29 is 19.1 Å². The van der Waals surface area contributed by atoms with Gasteiger partial charge < -0.3 is 19.7 Å². The molecular formula is C18H21N3O4. The molecule has 0 spiro atoms. The molecule has 7 heteroatoms. The molecule has 2 aromatic rings. The van der Waals surface area contributed by atoms with Gasteiger partial charge in [-0.2, -0.15) is 0 Å². The Balaban J connectivity index is 1.61. The van der Waals surface area contributed by atoms with E-state index in [1.165, 1.54) is 0 Å². The fraction of sp³-hybridized carbons (Fsp3) is 0.389. The van der Waals surface area contributed by atoms with Crippen LogP contribution in [0.1, 0.15) is 10.5 Å². The number of nitrogens with zero attached hydrogens (tertiary/aromatic N) is 2. The summed E-state index contributed by atoms with van der Waals surface area (Å²) in [7, 11) is 1.60. The van der Waals surface area contributed by atoms with E-state index in [1.807, 2.05) is 30.3 Å². The molecular weight excluding hydrogens is 322 g/mol. The van der Waals surface area contributed by atoms with Crippen LogP contribution in [-0.2, 0) is 14.3 Å². The van der Waals surface area contributed by atoms with E-state index in [2.05, 4.69) is 10.3 Å². The predicted molar refractivity (Wildman–Crippen MR) is 92.3 cm³/mol. The molecule has 0 saturated carbocycles. The summed E-state index contributed by atoms with van der Waals surface area (Å²) < 4.78 is 10.5. The highest BCUT2D eigenvalue weighted by atomic mass is 16.5. The average molecular weight is 343 g/mol. The molecule has 1 aromatic heterocycles. The number of amides is 2. The van der Waals surface area contributed by atoms with Crippen LogP contribution in [-0.4, -0.2) is 67.8 Å². The molecule has 1 aliphatic rings. The van der Waals surface area contributed by atoms with E-state index in [0.29, 0.717) is 31.9 Å². The standard InChI is InChI=1S/C18H21N3O4/c1-24-9-8-21-11-14(25-12-16(21)22)10-20-18(23)17-15-5-3-2-4-13(15)6-7-19-17/h2-7,14H,8-12H2,1H3,(H,20,23). The number of hydrogen-bond donors (Lipinski definition) is 1. The Morgan fingerprint density at radius 3 is 3.08 bits per heavy atom. The molecule has 1 saturated heterocycles. The second-order valence-corrected chi connectivity index (χ2v) is 5.86. The van der Waals surface area contributed by atoms with Gasteiger partial charge in [-0.15, -0.1) is 0 Å². The molecule has 25 heavy (non-hydrogen) atoms. The number of methoxy groups -OCH3 is 1. The van der Waals surface area contributed by atoms with Crippen molar-refractivity contribution in [3.05, 3.63) is 42.2 Å². The number of morpholine rings is 1. The second kappa shape index (κ2) is 8.04. The molecule has 0 bridgehead atoms. The number of pyridine rings is 1. The van der Waals surface area contributed by atoms with Crippen molar-refractivity contribution in [2.24, 2.45) is 0 Å².